The molecule has 136 valence electrons. The lowest BCUT2D eigenvalue weighted by Gasteiger charge is -2.31. The molecule has 0 bridgehead atoms. The average Bonchev–Trinajstić information content (AvgIpc) is 2.62. The summed E-state index contributed by atoms with van der Waals surface area (Å²) in [6, 6.07) is 2.30. The first-order valence-corrected chi connectivity index (χ1v) is 12.1. The van der Waals surface area contributed by atoms with Gasteiger partial charge in [-0.3, -0.25) is 0 Å². The van der Waals surface area contributed by atoms with E-state index in [1.165, 1.54) is 90.6 Å². The van der Waals surface area contributed by atoms with E-state index in [2.05, 4.69) is 9.80 Å². The predicted octanol–water partition coefficient (Wildman–Crippen LogP) is 3.47. The maximum atomic E-state index is 5.95. The van der Waals surface area contributed by atoms with Crippen molar-refractivity contribution >= 4 is 8.56 Å². The smallest absolute Gasteiger partial charge is 0.337 e. The molecule has 4 nitrogen and oxygen atoms in total. The van der Waals surface area contributed by atoms with Crippen molar-refractivity contribution in [3.8, 4) is 0 Å². The predicted molar refractivity (Wildman–Crippen MR) is 99.2 cm³/mol. The number of piperidine rings is 2. The van der Waals surface area contributed by atoms with Gasteiger partial charge in [-0.15, -0.1) is 0 Å². The molecule has 0 N–H and O–H groups in total. The van der Waals surface area contributed by atoms with Gasteiger partial charge in [0.05, 0.1) is 0 Å². The van der Waals surface area contributed by atoms with E-state index in [0.29, 0.717) is 0 Å². The molecule has 0 aliphatic carbocycles. The lowest BCUT2D eigenvalue weighted by atomic mass is 10.1. The second-order valence-electron chi connectivity index (χ2n) is 7.33. The van der Waals surface area contributed by atoms with Gasteiger partial charge in [0.1, 0.15) is 0 Å². The summed E-state index contributed by atoms with van der Waals surface area (Å²) >= 11 is 0. The zero-order valence-electron chi connectivity index (χ0n) is 15.5. The second kappa shape index (κ2) is 10.8. The topological polar surface area (TPSA) is 24.9 Å². The third-order valence-corrected chi connectivity index (χ3v) is 9.42. The molecule has 2 fully saturated rings. The first-order valence-electron chi connectivity index (χ1n) is 9.83. The van der Waals surface area contributed by atoms with Gasteiger partial charge in [0, 0.05) is 14.2 Å². The SMILES string of the molecule is CO[Si](CCCN1CCCCC1)(CCCN1CCCCC1)OC. The fraction of sp³-hybridized carbons (Fsp3) is 1.00. The van der Waals surface area contributed by atoms with E-state index in [-0.39, 0.29) is 0 Å². The molecule has 0 aromatic heterocycles. The highest BCUT2D eigenvalue weighted by Crippen LogP contribution is 2.23. The van der Waals surface area contributed by atoms with Crippen molar-refractivity contribution in [3.05, 3.63) is 0 Å². The third-order valence-electron chi connectivity index (χ3n) is 5.71. The zero-order valence-corrected chi connectivity index (χ0v) is 16.5. The summed E-state index contributed by atoms with van der Waals surface area (Å²) in [5.74, 6) is 0. The third kappa shape index (κ3) is 6.82. The summed E-state index contributed by atoms with van der Waals surface area (Å²) in [5, 5.41) is 0. The van der Waals surface area contributed by atoms with Crippen LogP contribution < -0.4 is 0 Å². The van der Waals surface area contributed by atoms with Gasteiger partial charge in [-0.05, 0) is 89.9 Å². The number of hydrogen-bond donors (Lipinski definition) is 0. The Hall–Kier alpha value is 0.0569. The van der Waals surface area contributed by atoms with E-state index < -0.39 is 8.56 Å². The fourth-order valence-corrected chi connectivity index (χ4v) is 6.75. The Balaban J connectivity index is 1.66. The van der Waals surface area contributed by atoms with Crippen molar-refractivity contribution in [2.45, 2.75) is 63.5 Å². The summed E-state index contributed by atoms with van der Waals surface area (Å²) in [4.78, 5) is 5.25. The van der Waals surface area contributed by atoms with Crippen LogP contribution in [0.25, 0.3) is 0 Å². The Morgan fingerprint density at radius 2 is 1.04 bits per heavy atom. The van der Waals surface area contributed by atoms with Crippen LogP contribution in [-0.2, 0) is 8.85 Å². The first-order chi connectivity index (χ1) is 11.3. The molecule has 23 heavy (non-hydrogen) atoms. The summed E-state index contributed by atoms with van der Waals surface area (Å²) < 4.78 is 11.9. The van der Waals surface area contributed by atoms with Crippen LogP contribution in [0.3, 0.4) is 0 Å². The van der Waals surface area contributed by atoms with Gasteiger partial charge >= 0.3 is 8.56 Å². The van der Waals surface area contributed by atoms with Crippen LogP contribution in [0.15, 0.2) is 0 Å². The van der Waals surface area contributed by atoms with E-state index >= 15 is 0 Å². The quantitative estimate of drug-likeness (QED) is 0.568. The molecule has 2 rings (SSSR count). The van der Waals surface area contributed by atoms with E-state index in [9.17, 15) is 0 Å². The summed E-state index contributed by atoms with van der Waals surface area (Å²) in [6.07, 6.45) is 10.8. The van der Waals surface area contributed by atoms with Crippen LogP contribution in [0, 0.1) is 0 Å². The minimum Gasteiger partial charge on any atom is -0.398 e. The van der Waals surface area contributed by atoms with Gasteiger partial charge in [-0.1, -0.05) is 12.8 Å². The molecule has 0 amide bonds. The largest absolute Gasteiger partial charge is 0.398 e. The lowest BCUT2D eigenvalue weighted by molar-refractivity contribution is 0.207. The molecule has 0 unspecified atom stereocenters. The molecule has 0 spiro atoms. The van der Waals surface area contributed by atoms with Crippen LogP contribution in [-0.4, -0.2) is 71.8 Å². The molecule has 0 aromatic rings. The van der Waals surface area contributed by atoms with Crippen molar-refractivity contribution in [3.63, 3.8) is 0 Å². The zero-order chi connectivity index (χ0) is 16.4. The molecule has 0 atom stereocenters. The van der Waals surface area contributed by atoms with Gasteiger partial charge in [0.15, 0.2) is 0 Å². The van der Waals surface area contributed by atoms with Gasteiger partial charge in [0.2, 0.25) is 0 Å². The maximum Gasteiger partial charge on any atom is 0.337 e. The van der Waals surface area contributed by atoms with Gasteiger partial charge < -0.3 is 18.7 Å². The molecular formula is C18H38N2O2Si. The highest BCUT2D eigenvalue weighted by Gasteiger charge is 2.34. The second-order valence-corrected chi connectivity index (χ2v) is 11.0. The molecule has 5 heteroatoms. The van der Waals surface area contributed by atoms with Crippen molar-refractivity contribution in [1.29, 1.82) is 0 Å². The Kier molecular flexibility index (Phi) is 9.12. The molecule has 0 radical (unpaired) electrons. The van der Waals surface area contributed by atoms with Crippen LogP contribution in [0.4, 0.5) is 0 Å². The number of rotatable bonds is 10. The average molecular weight is 343 g/mol. The highest BCUT2D eigenvalue weighted by molar-refractivity contribution is 6.67. The van der Waals surface area contributed by atoms with Crippen molar-refractivity contribution in [1.82, 2.24) is 9.80 Å². The minimum absolute atomic E-state index is 1.15. The molecule has 2 aliphatic rings. The molecule has 2 heterocycles. The van der Waals surface area contributed by atoms with E-state index in [1.54, 1.807) is 0 Å². The van der Waals surface area contributed by atoms with Crippen molar-refractivity contribution in [2.24, 2.45) is 0 Å². The van der Waals surface area contributed by atoms with E-state index in [0.717, 1.165) is 12.1 Å². The fourth-order valence-electron chi connectivity index (χ4n) is 4.13. The maximum absolute atomic E-state index is 5.95. The first kappa shape index (κ1) is 19.4. The van der Waals surface area contributed by atoms with Crippen LogP contribution in [0.5, 0.6) is 0 Å². The number of nitrogens with zero attached hydrogens (tertiary/aromatic N) is 2. The minimum atomic E-state index is -1.97. The highest BCUT2D eigenvalue weighted by atomic mass is 28.4. The van der Waals surface area contributed by atoms with Gasteiger partial charge in [0.25, 0.3) is 0 Å². The molecule has 0 saturated carbocycles. The Labute approximate surface area is 144 Å². The molecule has 0 aromatic carbocycles. The number of likely N-dealkylation sites (tertiary alicyclic amines) is 2. The monoisotopic (exact) mass is 342 g/mol. The molecular weight excluding hydrogens is 304 g/mol. The normalized spacial score (nSPS) is 21.7. The summed E-state index contributed by atoms with van der Waals surface area (Å²) in [5.41, 5.74) is 0. The van der Waals surface area contributed by atoms with E-state index in [4.69, 9.17) is 8.85 Å². The number of hydrogen-bond acceptors (Lipinski definition) is 4. The lowest BCUT2D eigenvalue weighted by Crippen LogP contribution is -2.42. The summed E-state index contributed by atoms with van der Waals surface area (Å²) in [6.45, 7) is 7.64. The Morgan fingerprint density at radius 3 is 1.39 bits per heavy atom. The summed E-state index contributed by atoms with van der Waals surface area (Å²) in [7, 11) is 1.78. The van der Waals surface area contributed by atoms with Crippen molar-refractivity contribution in [2.75, 3.05) is 53.5 Å². The van der Waals surface area contributed by atoms with E-state index in [1.807, 2.05) is 14.2 Å². The van der Waals surface area contributed by atoms with Crippen LogP contribution in [0.1, 0.15) is 51.4 Å². The van der Waals surface area contributed by atoms with Crippen LogP contribution >= 0.6 is 0 Å². The van der Waals surface area contributed by atoms with Gasteiger partial charge in [-0.25, -0.2) is 0 Å². The van der Waals surface area contributed by atoms with Gasteiger partial charge in [-0.2, -0.15) is 0 Å². The van der Waals surface area contributed by atoms with Crippen molar-refractivity contribution < 1.29 is 8.85 Å². The Morgan fingerprint density at radius 1 is 0.652 bits per heavy atom. The van der Waals surface area contributed by atoms with Crippen LogP contribution in [0.2, 0.25) is 12.1 Å². The molecule has 2 saturated heterocycles. The standard InChI is InChI=1S/C18H38N2O2Si/c1-21-23(22-2,17-9-15-19-11-5-3-6-12-19)18-10-16-20-13-7-4-8-14-20/h3-18H2,1-2H3. The molecule has 2 aliphatic heterocycles. The Bertz CT molecular complexity index is 275.